The number of hydrogen-bond donors (Lipinski definition) is 1. The number of ketones is 1. The summed E-state index contributed by atoms with van der Waals surface area (Å²) in [5, 5.41) is 8.76. The van der Waals surface area contributed by atoms with Crippen molar-refractivity contribution in [1.29, 1.82) is 0 Å². The third-order valence-electron chi connectivity index (χ3n) is 2.26. The highest BCUT2D eigenvalue weighted by atomic mass is 16.5. The van der Waals surface area contributed by atoms with Crippen LogP contribution in [-0.4, -0.2) is 24.6 Å². The summed E-state index contributed by atoms with van der Waals surface area (Å²) in [6.45, 7) is 3.38. The van der Waals surface area contributed by atoms with Crippen LogP contribution in [0.4, 0.5) is 0 Å². The van der Waals surface area contributed by atoms with Crippen molar-refractivity contribution in [2.75, 3.05) is 13.7 Å². The van der Waals surface area contributed by atoms with Crippen molar-refractivity contribution in [3.8, 4) is 5.75 Å². The molecule has 0 radical (unpaired) electrons. The summed E-state index contributed by atoms with van der Waals surface area (Å²) >= 11 is 0. The van der Waals surface area contributed by atoms with E-state index in [2.05, 4.69) is 0 Å². The Bertz CT molecular complexity index is 356. The lowest BCUT2D eigenvalue weighted by molar-refractivity contribution is 0.0900. The number of rotatable bonds is 3. The molecule has 76 valence electrons. The Hall–Kier alpha value is -1.35. The summed E-state index contributed by atoms with van der Waals surface area (Å²) in [5.41, 5.74) is 2.53. The Morgan fingerprint density at radius 1 is 1.36 bits per heavy atom. The molecular formula is C11H14O3. The Labute approximate surface area is 83.3 Å². The van der Waals surface area contributed by atoms with Crippen molar-refractivity contribution in [3.05, 3.63) is 28.8 Å². The van der Waals surface area contributed by atoms with Crippen molar-refractivity contribution in [3.63, 3.8) is 0 Å². The minimum atomic E-state index is -0.487. The van der Waals surface area contributed by atoms with E-state index in [1.807, 2.05) is 13.8 Å². The smallest absolute Gasteiger partial charge is 0.191 e. The maximum atomic E-state index is 11.3. The predicted molar refractivity (Wildman–Crippen MR) is 53.9 cm³/mol. The molecule has 0 aliphatic carbocycles. The van der Waals surface area contributed by atoms with Crippen LogP contribution >= 0.6 is 0 Å². The molecule has 0 aliphatic heterocycles. The fourth-order valence-electron chi connectivity index (χ4n) is 1.26. The number of benzene rings is 1. The van der Waals surface area contributed by atoms with Gasteiger partial charge in [0.25, 0.3) is 0 Å². The molecule has 3 heteroatoms. The highest BCUT2D eigenvalue weighted by Crippen LogP contribution is 2.23. The molecule has 0 bridgehead atoms. The van der Waals surface area contributed by atoms with Crippen LogP contribution in [0.5, 0.6) is 5.75 Å². The molecule has 3 nitrogen and oxygen atoms in total. The predicted octanol–water partition coefficient (Wildman–Crippen LogP) is 1.49. The number of carbonyl (C=O) groups excluding carboxylic acids is 1. The zero-order valence-electron chi connectivity index (χ0n) is 8.63. The van der Waals surface area contributed by atoms with E-state index in [0.717, 1.165) is 11.1 Å². The van der Waals surface area contributed by atoms with Crippen LogP contribution in [0.3, 0.4) is 0 Å². The van der Waals surface area contributed by atoms with Gasteiger partial charge < -0.3 is 9.84 Å². The quantitative estimate of drug-likeness (QED) is 0.741. The van der Waals surface area contributed by atoms with E-state index >= 15 is 0 Å². The van der Waals surface area contributed by atoms with E-state index in [4.69, 9.17) is 9.84 Å². The van der Waals surface area contributed by atoms with Gasteiger partial charge in [0, 0.05) is 0 Å². The van der Waals surface area contributed by atoms with Crippen LogP contribution < -0.4 is 4.74 Å². The average Bonchev–Trinajstić information content (AvgIpc) is 2.20. The minimum Gasteiger partial charge on any atom is -0.496 e. The van der Waals surface area contributed by atoms with Gasteiger partial charge >= 0.3 is 0 Å². The van der Waals surface area contributed by atoms with Gasteiger partial charge in [0.15, 0.2) is 5.78 Å². The standard InChI is InChI=1S/C11H14O3/c1-7-4-9(10(13)6-12)11(14-3)5-8(7)2/h4-5,12H,6H2,1-3H3. The van der Waals surface area contributed by atoms with E-state index in [1.165, 1.54) is 7.11 Å². The molecule has 0 saturated heterocycles. The maximum absolute atomic E-state index is 11.3. The topological polar surface area (TPSA) is 46.5 Å². The molecule has 0 spiro atoms. The van der Waals surface area contributed by atoms with Crippen LogP contribution in [0.25, 0.3) is 0 Å². The summed E-state index contributed by atoms with van der Waals surface area (Å²) in [5.74, 6) is 0.206. The lowest BCUT2D eigenvalue weighted by Crippen LogP contribution is -2.07. The van der Waals surface area contributed by atoms with Gasteiger partial charge in [-0.15, -0.1) is 0 Å². The first-order chi connectivity index (χ1) is 6.60. The van der Waals surface area contributed by atoms with Crippen molar-refractivity contribution < 1.29 is 14.6 Å². The van der Waals surface area contributed by atoms with E-state index < -0.39 is 6.61 Å². The highest BCUT2D eigenvalue weighted by molar-refractivity contribution is 5.99. The second kappa shape index (κ2) is 4.24. The summed E-state index contributed by atoms with van der Waals surface area (Å²) in [7, 11) is 1.51. The summed E-state index contributed by atoms with van der Waals surface area (Å²) < 4.78 is 5.07. The van der Waals surface area contributed by atoms with Crippen molar-refractivity contribution in [2.24, 2.45) is 0 Å². The monoisotopic (exact) mass is 194 g/mol. The molecule has 0 saturated carbocycles. The first kappa shape index (κ1) is 10.7. The van der Waals surface area contributed by atoms with Gasteiger partial charge in [-0.25, -0.2) is 0 Å². The Morgan fingerprint density at radius 2 is 1.93 bits per heavy atom. The van der Waals surface area contributed by atoms with Gasteiger partial charge in [0.1, 0.15) is 12.4 Å². The normalized spacial score (nSPS) is 10.0. The number of aliphatic hydroxyl groups excluding tert-OH is 1. The summed E-state index contributed by atoms with van der Waals surface area (Å²) in [4.78, 5) is 11.3. The van der Waals surface area contributed by atoms with Gasteiger partial charge in [-0.1, -0.05) is 0 Å². The molecule has 1 rings (SSSR count). The number of Topliss-reactive ketones (excluding diaryl/α,β-unsaturated/α-hetero) is 1. The van der Waals surface area contributed by atoms with Gasteiger partial charge in [-0.05, 0) is 37.1 Å². The number of aryl methyl sites for hydroxylation is 2. The zero-order chi connectivity index (χ0) is 10.7. The Balaban J connectivity index is 3.27. The number of ether oxygens (including phenoxy) is 1. The Kier molecular flexibility index (Phi) is 3.25. The molecule has 0 heterocycles. The molecule has 1 aromatic carbocycles. The van der Waals surface area contributed by atoms with Crippen LogP contribution in [0, 0.1) is 13.8 Å². The molecule has 1 N–H and O–H groups in total. The zero-order valence-corrected chi connectivity index (χ0v) is 8.63. The van der Waals surface area contributed by atoms with E-state index in [9.17, 15) is 4.79 Å². The third-order valence-corrected chi connectivity index (χ3v) is 2.26. The summed E-state index contributed by atoms with van der Waals surface area (Å²) in [6, 6.07) is 3.55. The average molecular weight is 194 g/mol. The molecule has 0 atom stereocenters. The second-order valence-electron chi connectivity index (χ2n) is 3.22. The van der Waals surface area contributed by atoms with Crippen molar-refractivity contribution in [1.82, 2.24) is 0 Å². The molecule has 0 amide bonds. The van der Waals surface area contributed by atoms with Gasteiger partial charge in [-0.3, -0.25) is 4.79 Å². The van der Waals surface area contributed by atoms with Crippen LogP contribution in [-0.2, 0) is 0 Å². The lowest BCUT2D eigenvalue weighted by atomic mass is 10.0. The van der Waals surface area contributed by atoms with Crippen LogP contribution in [0.2, 0.25) is 0 Å². The van der Waals surface area contributed by atoms with Gasteiger partial charge in [-0.2, -0.15) is 0 Å². The first-order valence-corrected chi connectivity index (χ1v) is 4.39. The second-order valence-corrected chi connectivity index (χ2v) is 3.22. The molecule has 0 unspecified atom stereocenters. The van der Waals surface area contributed by atoms with E-state index in [-0.39, 0.29) is 5.78 Å². The molecule has 14 heavy (non-hydrogen) atoms. The molecule has 0 aromatic heterocycles. The maximum Gasteiger partial charge on any atom is 0.191 e. The molecular weight excluding hydrogens is 180 g/mol. The SMILES string of the molecule is COc1cc(C)c(C)cc1C(=O)CO. The number of hydrogen-bond acceptors (Lipinski definition) is 3. The largest absolute Gasteiger partial charge is 0.496 e. The first-order valence-electron chi connectivity index (χ1n) is 4.39. The van der Waals surface area contributed by atoms with Crippen molar-refractivity contribution in [2.45, 2.75) is 13.8 Å². The fourth-order valence-corrected chi connectivity index (χ4v) is 1.26. The van der Waals surface area contributed by atoms with Gasteiger partial charge in [0.05, 0.1) is 12.7 Å². The fraction of sp³-hybridized carbons (Fsp3) is 0.364. The number of methoxy groups -OCH3 is 1. The van der Waals surface area contributed by atoms with E-state index in [1.54, 1.807) is 12.1 Å². The van der Waals surface area contributed by atoms with E-state index in [0.29, 0.717) is 11.3 Å². The molecule has 0 fully saturated rings. The number of carbonyl (C=O) groups is 1. The molecule has 0 aliphatic rings. The third kappa shape index (κ3) is 1.93. The summed E-state index contributed by atoms with van der Waals surface area (Å²) in [6.07, 6.45) is 0. The Morgan fingerprint density at radius 3 is 2.43 bits per heavy atom. The van der Waals surface area contributed by atoms with Crippen LogP contribution in [0.1, 0.15) is 21.5 Å². The van der Waals surface area contributed by atoms with Gasteiger partial charge in [0.2, 0.25) is 0 Å². The molecule has 1 aromatic rings. The van der Waals surface area contributed by atoms with Crippen LogP contribution in [0.15, 0.2) is 12.1 Å². The lowest BCUT2D eigenvalue weighted by Gasteiger charge is -2.09. The minimum absolute atomic E-state index is 0.315. The number of aliphatic hydroxyl groups is 1. The highest BCUT2D eigenvalue weighted by Gasteiger charge is 2.12. The van der Waals surface area contributed by atoms with Crippen molar-refractivity contribution >= 4 is 5.78 Å².